The molecule has 0 aliphatic rings. The van der Waals surface area contributed by atoms with Crippen molar-refractivity contribution in [2.75, 3.05) is 6.54 Å². The Morgan fingerprint density at radius 2 is 1.38 bits per heavy atom. The normalized spacial score (nSPS) is 11.0. The molecular weight excluding hydrogens is 294 g/mol. The van der Waals surface area contributed by atoms with Gasteiger partial charge in [-0.15, -0.1) is 0 Å². The zero-order valence-electron chi connectivity index (χ0n) is 15.4. The van der Waals surface area contributed by atoms with Gasteiger partial charge in [-0.05, 0) is 18.1 Å². The average molecular weight is 330 g/mol. The van der Waals surface area contributed by atoms with Crippen molar-refractivity contribution in [3.05, 3.63) is 42.0 Å². The van der Waals surface area contributed by atoms with Crippen molar-refractivity contribution in [1.82, 2.24) is 5.32 Å². The van der Waals surface area contributed by atoms with Gasteiger partial charge in [-0.2, -0.15) is 0 Å². The van der Waals surface area contributed by atoms with Crippen LogP contribution in [0.1, 0.15) is 83.1 Å². The minimum absolute atomic E-state index is 0.00549. The molecule has 0 fully saturated rings. The molecule has 0 bridgehead atoms. The summed E-state index contributed by atoms with van der Waals surface area (Å²) in [4.78, 5) is 11.7. The predicted octanol–water partition coefficient (Wildman–Crippen LogP) is 6.13. The quantitative estimate of drug-likeness (QED) is 0.323. The fourth-order valence-electron chi connectivity index (χ4n) is 2.80. The van der Waals surface area contributed by atoms with Crippen LogP contribution < -0.4 is 5.32 Å². The first-order chi connectivity index (χ1) is 11.8. The predicted molar refractivity (Wildman–Crippen MR) is 105 cm³/mol. The summed E-state index contributed by atoms with van der Waals surface area (Å²) in [5, 5.41) is 2.96. The van der Waals surface area contributed by atoms with Crippen LogP contribution in [0.4, 0.5) is 0 Å². The lowest BCUT2D eigenvalue weighted by Gasteiger charge is -2.03. The van der Waals surface area contributed by atoms with E-state index in [2.05, 4.69) is 12.2 Å². The Labute approximate surface area is 148 Å². The molecule has 1 amide bonds. The van der Waals surface area contributed by atoms with E-state index < -0.39 is 0 Å². The third kappa shape index (κ3) is 11.9. The minimum Gasteiger partial charge on any atom is -0.353 e. The van der Waals surface area contributed by atoms with Crippen molar-refractivity contribution >= 4 is 12.0 Å². The molecule has 1 N–H and O–H groups in total. The molecular formula is C22H35NO. The number of carbonyl (C=O) groups excluding carboxylic acids is 1. The molecule has 2 heteroatoms. The first kappa shape index (κ1) is 20.5. The summed E-state index contributed by atoms with van der Waals surface area (Å²) in [6.07, 6.45) is 18.1. The third-order valence-electron chi connectivity index (χ3n) is 4.31. The van der Waals surface area contributed by atoms with E-state index in [4.69, 9.17) is 0 Å². The Kier molecular flexibility index (Phi) is 12.8. The largest absolute Gasteiger partial charge is 0.353 e. The maximum Gasteiger partial charge on any atom is 0.243 e. The first-order valence-corrected chi connectivity index (χ1v) is 9.84. The van der Waals surface area contributed by atoms with Gasteiger partial charge in [-0.1, -0.05) is 101 Å². The molecule has 0 radical (unpaired) electrons. The maximum absolute atomic E-state index is 11.7. The SMILES string of the molecule is CCCCCCCCCCCCCNC(=O)/C=C/c1ccccc1. The highest BCUT2D eigenvalue weighted by Gasteiger charge is 1.96. The van der Waals surface area contributed by atoms with E-state index in [9.17, 15) is 4.79 Å². The van der Waals surface area contributed by atoms with Crippen LogP contribution in [0.15, 0.2) is 36.4 Å². The van der Waals surface area contributed by atoms with Crippen LogP contribution in [0.5, 0.6) is 0 Å². The van der Waals surface area contributed by atoms with Gasteiger partial charge in [-0.25, -0.2) is 0 Å². The van der Waals surface area contributed by atoms with E-state index in [0.29, 0.717) is 0 Å². The van der Waals surface area contributed by atoms with Gasteiger partial charge in [0.1, 0.15) is 0 Å². The molecule has 0 unspecified atom stereocenters. The number of carbonyl (C=O) groups is 1. The Morgan fingerprint density at radius 3 is 1.96 bits per heavy atom. The Hall–Kier alpha value is -1.57. The fourth-order valence-corrected chi connectivity index (χ4v) is 2.80. The molecule has 24 heavy (non-hydrogen) atoms. The monoisotopic (exact) mass is 329 g/mol. The lowest BCUT2D eigenvalue weighted by Crippen LogP contribution is -2.21. The van der Waals surface area contributed by atoms with Crippen molar-refractivity contribution in [3.8, 4) is 0 Å². The summed E-state index contributed by atoms with van der Waals surface area (Å²) in [5.74, 6) is 0.00549. The van der Waals surface area contributed by atoms with Gasteiger partial charge < -0.3 is 5.32 Å². The van der Waals surface area contributed by atoms with E-state index in [-0.39, 0.29) is 5.91 Å². The number of hydrogen-bond acceptors (Lipinski definition) is 1. The maximum atomic E-state index is 11.7. The van der Waals surface area contributed by atoms with Crippen molar-refractivity contribution < 1.29 is 4.79 Å². The van der Waals surface area contributed by atoms with Crippen LogP contribution in [0, 0.1) is 0 Å². The van der Waals surface area contributed by atoms with Crippen molar-refractivity contribution in [3.63, 3.8) is 0 Å². The number of rotatable bonds is 14. The van der Waals surface area contributed by atoms with Crippen LogP contribution >= 0.6 is 0 Å². The van der Waals surface area contributed by atoms with E-state index in [1.54, 1.807) is 6.08 Å². The van der Waals surface area contributed by atoms with Crippen molar-refractivity contribution in [1.29, 1.82) is 0 Å². The number of nitrogens with one attached hydrogen (secondary N) is 1. The van der Waals surface area contributed by atoms with Gasteiger partial charge in [0.05, 0.1) is 0 Å². The highest BCUT2D eigenvalue weighted by molar-refractivity contribution is 5.91. The van der Waals surface area contributed by atoms with E-state index >= 15 is 0 Å². The molecule has 0 spiro atoms. The minimum atomic E-state index is 0.00549. The zero-order chi connectivity index (χ0) is 17.3. The molecule has 0 atom stereocenters. The molecule has 0 aliphatic carbocycles. The second kappa shape index (κ2) is 15.0. The van der Waals surface area contributed by atoms with Gasteiger partial charge >= 0.3 is 0 Å². The average Bonchev–Trinajstić information content (AvgIpc) is 2.62. The molecule has 0 aromatic heterocycles. The highest BCUT2D eigenvalue weighted by atomic mass is 16.1. The number of benzene rings is 1. The molecule has 2 nitrogen and oxygen atoms in total. The molecule has 0 heterocycles. The molecule has 1 rings (SSSR count). The number of unbranched alkanes of at least 4 members (excludes halogenated alkanes) is 10. The zero-order valence-corrected chi connectivity index (χ0v) is 15.4. The molecule has 1 aromatic rings. The molecule has 1 aromatic carbocycles. The molecule has 0 aliphatic heterocycles. The molecule has 0 saturated heterocycles. The van der Waals surface area contributed by atoms with Crippen molar-refractivity contribution in [2.24, 2.45) is 0 Å². The van der Waals surface area contributed by atoms with E-state index in [1.165, 1.54) is 64.2 Å². The lowest BCUT2D eigenvalue weighted by molar-refractivity contribution is -0.116. The van der Waals surface area contributed by atoms with Crippen LogP contribution in [0.25, 0.3) is 6.08 Å². The summed E-state index contributed by atoms with van der Waals surface area (Å²) in [6.45, 7) is 3.05. The van der Waals surface area contributed by atoms with Crippen LogP contribution in [0.3, 0.4) is 0 Å². The summed E-state index contributed by atoms with van der Waals surface area (Å²) in [5.41, 5.74) is 1.06. The van der Waals surface area contributed by atoms with Gasteiger partial charge in [0.2, 0.25) is 5.91 Å². The summed E-state index contributed by atoms with van der Waals surface area (Å²) < 4.78 is 0. The van der Waals surface area contributed by atoms with Crippen molar-refractivity contribution in [2.45, 2.75) is 77.6 Å². The van der Waals surface area contributed by atoms with E-state index in [1.807, 2.05) is 36.4 Å². The Bertz CT molecular complexity index is 439. The van der Waals surface area contributed by atoms with Crippen LogP contribution in [0.2, 0.25) is 0 Å². The lowest BCUT2D eigenvalue weighted by atomic mass is 10.1. The van der Waals surface area contributed by atoms with Crippen LogP contribution in [-0.2, 0) is 4.79 Å². The third-order valence-corrected chi connectivity index (χ3v) is 4.31. The van der Waals surface area contributed by atoms with Gasteiger partial charge in [0.15, 0.2) is 0 Å². The smallest absolute Gasteiger partial charge is 0.243 e. The second-order valence-corrected chi connectivity index (χ2v) is 6.57. The summed E-state index contributed by atoms with van der Waals surface area (Å²) in [6, 6.07) is 9.91. The molecule has 134 valence electrons. The number of amides is 1. The van der Waals surface area contributed by atoms with E-state index in [0.717, 1.165) is 18.5 Å². The topological polar surface area (TPSA) is 29.1 Å². The summed E-state index contributed by atoms with van der Waals surface area (Å²) >= 11 is 0. The summed E-state index contributed by atoms with van der Waals surface area (Å²) in [7, 11) is 0. The standard InChI is InChI=1S/C22H35NO/c1-2-3-4-5-6-7-8-9-10-11-15-20-23-22(24)19-18-21-16-13-12-14-17-21/h12-14,16-19H,2-11,15,20H2,1H3,(H,23,24)/b19-18+. The molecule has 0 saturated carbocycles. The Morgan fingerprint density at radius 1 is 0.833 bits per heavy atom. The fraction of sp³-hybridized carbons (Fsp3) is 0.591. The van der Waals surface area contributed by atoms with Gasteiger partial charge in [0.25, 0.3) is 0 Å². The Balaban J connectivity index is 1.88. The second-order valence-electron chi connectivity index (χ2n) is 6.57. The van der Waals surface area contributed by atoms with Gasteiger partial charge in [0, 0.05) is 12.6 Å². The number of hydrogen-bond donors (Lipinski definition) is 1. The highest BCUT2D eigenvalue weighted by Crippen LogP contribution is 2.11. The van der Waals surface area contributed by atoms with Crippen LogP contribution in [-0.4, -0.2) is 12.5 Å². The first-order valence-electron chi connectivity index (χ1n) is 9.84. The van der Waals surface area contributed by atoms with Gasteiger partial charge in [-0.3, -0.25) is 4.79 Å².